The standard InChI is InChI=1S/C23H33N7/c1-15-5-9-17(10-6-15)26-22-27-19-14-25-21(29-23(2,3)4)28-20(19)30(22)18-11-7-16(13-24)8-12-18/h5-6,9-10,14,16,18H,7-8,11-13,24H2,1-4H3,(H,26,27)(H,25,28,29). The lowest BCUT2D eigenvalue weighted by Crippen LogP contribution is -2.27. The van der Waals surface area contributed by atoms with Crippen LogP contribution in [0.4, 0.5) is 17.6 Å². The molecule has 1 aliphatic rings. The molecule has 1 fully saturated rings. The second-order valence-electron chi connectivity index (χ2n) is 9.48. The van der Waals surface area contributed by atoms with Gasteiger partial charge in [-0.15, -0.1) is 0 Å². The van der Waals surface area contributed by atoms with Crippen molar-refractivity contribution in [1.29, 1.82) is 0 Å². The van der Waals surface area contributed by atoms with Gasteiger partial charge >= 0.3 is 0 Å². The minimum absolute atomic E-state index is 0.110. The third-order valence-electron chi connectivity index (χ3n) is 5.74. The van der Waals surface area contributed by atoms with Gasteiger partial charge in [0.2, 0.25) is 11.9 Å². The van der Waals surface area contributed by atoms with Crippen molar-refractivity contribution in [3.63, 3.8) is 0 Å². The van der Waals surface area contributed by atoms with E-state index < -0.39 is 0 Å². The molecule has 1 aliphatic carbocycles. The van der Waals surface area contributed by atoms with Crippen LogP contribution in [0.5, 0.6) is 0 Å². The number of nitrogens with zero attached hydrogens (tertiary/aromatic N) is 4. The third-order valence-corrected chi connectivity index (χ3v) is 5.74. The van der Waals surface area contributed by atoms with Gasteiger partial charge < -0.3 is 16.4 Å². The largest absolute Gasteiger partial charge is 0.350 e. The molecule has 160 valence electrons. The maximum Gasteiger partial charge on any atom is 0.225 e. The highest BCUT2D eigenvalue weighted by Crippen LogP contribution is 2.36. The molecule has 0 amide bonds. The fourth-order valence-electron chi connectivity index (χ4n) is 4.13. The molecule has 0 unspecified atom stereocenters. The molecule has 0 radical (unpaired) electrons. The summed E-state index contributed by atoms with van der Waals surface area (Å²) in [5.41, 5.74) is 9.75. The minimum atomic E-state index is -0.110. The molecule has 4 rings (SSSR count). The van der Waals surface area contributed by atoms with Gasteiger partial charge in [-0.25, -0.2) is 9.97 Å². The minimum Gasteiger partial charge on any atom is -0.350 e. The van der Waals surface area contributed by atoms with E-state index in [9.17, 15) is 0 Å². The van der Waals surface area contributed by atoms with Gasteiger partial charge in [-0.05, 0) is 78.0 Å². The molecule has 0 aliphatic heterocycles. The Bertz CT molecular complexity index is 993. The second-order valence-corrected chi connectivity index (χ2v) is 9.48. The Morgan fingerprint density at radius 3 is 2.40 bits per heavy atom. The molecule has 7 nitrogen and oxygen atoms in total. The van der Waals surface area contributed by atoms with Gasteiger partial charge in [0.1, 0.15) is 5.52 Å². The maximum absolute atomic E-state index is 5.92. The zero-order valence-electron chi connectivity index (χ0n) is 18.4. The van der Waals surface area contributed by atoms with Crippen molar-refractivity contribution in [1.82, 2.24) is 19.5 Å². The second kappa shape index (κ2) is 8.22. The fraction of sp³-hybridized carbons (Fsp3) is 0.522. The van der Waals surface area contributed by atoms with Crippen molar-refractivity contribution < 1.29 is 0 Å². The van der Waals surface area contributed by atoms with Crippen molar-refractivity contribution in [3.8, 4) is 0 Å². The van der Waals surface area contributed by atoms with Crippen molar-refractivity contribution in [3.05, 3.63) is 36.0 Å². The van der Waals surface area contributed by atoms with Crippen LogP contribution >= 0.6 is 0 Å². The van der Waals surface area contributed by atoms with Crippen LogP contribution in [-0.2, 0) is 0 Å². The summed E-state index contributed by atoms with van der Waals surface area (Å²) < 4.78 is 2.28. The summed E-state index contributed by atoms with van der Waals surface area (Å²) in [6, 6.07) is 8.73. The number of rotatable bonds is 5. The molecule has 0 saturated heterocycles. The Labute approximate surface area is 178 Å². The summed E-state index contributed by atoms with van der Waals surface area (Å²) in [6.07, 6.45) is 6.27. The molecule has 2 aromatic heterocycles. The van der Waals surface area contributed by atoms with Gasteiger partial charge in [-0.1, -0.05) is 17.7 Å². The lowest BCUT2D eigenvalue weighted by atomic mass is 9.86. The van der Waals surface area contributed by atoms with Crippen LogP contribution in [0.1, 0.15) is 58.1 Å². The van der Waals surface area contributed by atoms with E-state index in [1.807, 2.05) is 6.20 Å². The van der Waals surface area contributed by atoms with E-state index in [1.165, 1.54) is 5.56 Å². The van der Waals surface area contributed by atoms with Crippen LogP contribution in [0.3, 0.4) is 0 Å². The number of aromatic nitrogens is 4. The smallest absolute Gasteiger partial charge is 0.225 e. The van der Waals surface area contributed by atoms with Gasteiger partial charge in [0.05, 0.1) is 6.20 Å². The summed E-state index contributed by atoms with van der Waals surface area (Å²) in [5.74, 6) is 2.08. The normalized spacial score (nSPS) is 19.8. The number of aryl methyl sites for hydroxylation is 1. The summed E-state index contributed by atoms with van der Waals surface area (Å²) >= 11 is 0. The first-order valence-corrected chi connectivity index (χ1v) is 10.9. The van der Waals surface area contributed by atoms with Gasteiger partial charge in [0, 0.05) is 17.3 Å². The summed E-state index contributed by atoms with van der Waals surface area (Å²) in [5, 5.41) is 6.90. The molecule has 7 heteroatoms. The van der Waals surface area contributed by atoms with E-state index in [1.54, 1.807) is 0 Å². The topological polar surface area (TPSA) is 93.7 Å². The number of nitrogens with two attached hydrogens (primary N) is 1. The number of fused-ring (bicyclic) bond motifs is 1. The van der Waals surface area contributed by atoms with E-state index in [4.69, 9.17) is 15.7 Å². The van der Waals surface area contributed by atoms with Crippen LogP contribution in [0.15, 0.2) is 30.5 Å². The average molecular weight is 408 g/mol. The molecular formula is C23H33N7. The van der Waals surface area contributed by atoms with Crippen LogP contribution < -0.4 is 16.4 Å². The summed E-state index contributed by atoms with van der Waals surface area (Å²) in [7, 11) is 0. The van der Waals surface area contributed by atoms with Gasteiger partial charge in [0.15, 0.2) is 5.65 Å². The number of nitrogens with one attached hydrogen (secondary N) is 2. The highest BCUT2D eigenvalue weighted by Gasteiger charge is 2.26. The van der Waals surface area contributed by atoms with Crippen molar-refractivity contribution >= 4 is 28.7 Å². The first-order valence-electron chi connectivity index (χ1n) is 10.9. The molecule has 1 aromatic carbocycles. The molecule has 4 N–H and O–H groups in total. The Morgan fingerprint density at radius 1 is 1.07 bits per heavy atom. The van der Waals surface area contributed by atoms with Crippen molar-refractivity contribution in [2.45, 2.75) is 65.0 Å². The number of anilines is 3. The molecule has 1 saturated carbocycles. The van der Waals surface area contributed by atoms with E-state index in [0.717, 1.165) is 55.0 Å². The Kier molecular flexibility index (Phi) is 5.64. The Hall–Kier alpha value is -2.67. The number of hydrogen-bond donors (Lipinski definition) is 3. The van der Waals surface area contributed by atoms with Crippen molar-refractivity contribution in [2.75, 3.05) is 17.2 Å². The quantitative estimate of drug-likeness (QED) is 0.564. The van der Waals surface area contributed by atoms with E-state index in [2.05, 4.69) is 72.1 Å². The van der Waals surface area contributed by atoms with Gasteiger partial charge in [0.25, 0.3) is 0 Å². The number of benzene rings is 1. The Balaban J connectivity index is 1.74. The van der Waals surface area contributed by atoms with Crippen LogP contribution in [0.25, 0.3) is 11.2 Å². The molecule has 0 bridgehead atoms. The van der Waals surface area contributed by atoms with E-state index in [0.29, 0.717) is 17.9 Å². The number of imidazole rings is 1. The van der Waals surface area contributed by atoms with Gasteiger partial charge in [-0.2, -0.15) is 4.98 Å². The zero-order chi connectivity index (χ0) is 21.3. The summed E-state index contributed by atoms with van der Waals surface area (Å²) in [6.45, 7) is 9.19. The first-order chi connectivity index (χ1) is 14.3. The fourth-order valence-corrected chi connectivity index (χ4v) is 4.13. The van der Waals surface area contributed by atoms with E-state index in [-0.39, 0.29) is 5.54 Å². The third kappa shape index (κ3) is 4.56. The highest BCUT2D eigenvalue weighted by atomic mass is 15.3. The molecule has 0 atom stereocenters. The molecular weight excluding hydrogens is 374 g/mol. The van der Waals surface area contributed by atoms with Crippen LogP contribution in [0, 0.1) is 12.8 Å². The average Bonchev–Trinajstić information content (AvgIpc) is 3.05. The highest BCUT2D eigenvalue weighted by molar-refractivity contribution is 5.76. The molecule has 2 heterocycles. The summed E-state index contributed by atoms with van der Waals surface area (Å²) in [4.78, 5) is 14.2. The van der Waals surface area contributed by atoms with Crippen LogP contribution in [0.2, 0.25) is 0 Å². The van der Waals surface area contributed by atoms with E-state index >= 15 is 0 Å². The van der Waals surface area contributed by atoms with Crippen molar-refractivity contribution in [2.24, 2.45) is 11.7 Å². The zero-order valence-corrected chi connectivity index (χ0v) is 18.4. The SMILES string of the molecule is Cc1ccc(Nc2nc3cnc(NC(C)(C)C)nc3n2C2CCC(CN)CC2)cc1. The first kappa shape index (κ1) is 20.6. The predicted octanol–water partition coefficient (Wildman–Crippen LogP) is 4.78. The monoisotopic (exact) mass is 407 g/mol. The number of hydrogen-bond acceptors (Lipinski definition) is 6. The maximum atomic E-state index is 5.92. The van der Waals surface area contributed by atoms with Crippen LogP contribution in [-0.4, -0.2) is 31.6 Å². The molecule has 3 aromatic rings. The lowest BCUT2D eigenvalue weighted by Gasteiger charge is -2.30. The lowest BCUT2D eigenvalue weighted by molar-refractivity contribution is 0.284. The Morgan fingerprint density at radius 2 is 1.77 bits per heavy atom. The molecule has 30 heavy (non-hydrogen) atoms. The molecule has 0 spiro atoms. The predicted molar refractivity (Wildman–Crippen MR) is 123 cm³/mol. The van der Waals surface area contributed by atoms with Gasteiger partial charge in [-0.3, -0.25) is 4.57 Å².